The lowest BCUT2D eigenvalue weighted by atomic mass is 10.1. The SMILES string of the molecule is O=C(O)c1ccc(N2CC(CS(=O)(=O)F)CC2=O)cc1C(=O)O. The first-order chi connectivity index (χ1) is 10.6. The highest BCUT2D eigenvalue weighted by Crippen LogP contribution is 2.28. The standard InChI is InChI=1S/C13H12FNO7S/c14-23(21,22)6-7-3-11(16)15(5-7)8-1-2-9(12(17)18)10(4-8)13(19)20/h1-2,4,7H,3,5-6H2,(H,17,18)(H,19,20). The van der Waals surface area contributed by atoms with Gasteiger partial charge in [-0.25, -0.2) is 9.59 Å². The predicted molar refractivity (Wildman–Crippen MR) is 75.7 cm³/mol. The molecule has 0 aliphatic carbocycles. The van der Waals surface area contributed by atoms with Gasteiger partial charge in [-0.2, -0.15) is 8.42 Å². The number of aromatic carboxylic acids is 2. The normalized spacial score (nSPS) is 18.2. The maximum atomic E-state index is 12.7. The molecule has 10 heteroatoms. The van der Waals surface area contributed by atoms with Crippen LogP contribution in [0.2, 0.25) is 0 Å². The van der Waals surface area contributed by atoms with E-state index in [2.05, 4.69) is 0 Å². The average molecular weight is 345 g/mol. The molecule has 2 N–H and O–H groups in total. The van der Waals surface area contributed by atoms with Gasteiger partial charge < -0.3 is 15.1 Å². The molecule has 0 bridgehead atoms. The number of carbonyl (C=O) groups is 3. The number of carboxylic acids is 2. The number of amides is 1. The second kappa shape index (κ2) is 5.95. The number of hydrogen-bond donors (Lipinski definition) is 2. The molecule has 8 nitrogen and oxygen atoms in total. The van der Waals surface area contributed by atoms with Crippen molar-refractivity contribution in [2.45, 2.75) is 6.42 Å². The highest BCUT2D eigenvalue weighted by molar-refractivity contribution is 7.86. The van der Waals surface area contributed by atoms with E-state index in [9.17, 15) is 26.7 Å². The number of carboxylic acid groups (broad SMARTS) is 2. The summed E-state index contributed by atoms with van der Waals surface area (Å²) in [5.74, 6) is -4.93. The van der Waals surface area contributed by atoms with Crippen molar-refractivity contribution in [3.63, 3.8) is 0 Å². The lowest BCUT2D eigenvalue weighted by Gasteiger charge is -2.17. The molecule has 1 aromatic rings. The zero-order valence-corrected chi connectivity index (χ0v) is 12.4. The van der Waals surface area contributed by atoms with Crippen LogP contribution < -0.4 is 4.90 Å². The van der Waals surface area contributed by atoms with Crippen LogP contribution in [-0.4, -0.2) is 48.8 Å². The number of carbonyl (C=O) groups excluding carboxylic acids is 1. The zero-order chi connectivity index (χ0) is 17.4. The van der Waals surface area contributed by atoms with Gasteiger partial charge in [-0.1, -0.05) is 0 Å². The van der Waals surface area contributed by atoms with E-state index in [4.69, 9.17) is 10.2 Å². The zero-order valence-electron chi connectivity index (χ0n) is 11.6. The van der Waals surface area contributed by atoms with Gasteiger partial charge in [0.15, 0.2) is 0 Å². The Bertz CT molecular complexity index is 790. The topological polar surface area (TPSA) is 129 Å². The summed E-state index contributed by atoms with van der Waals surface area (Å²) in [5, 5.41) is 18.0. The molecule has 0 spiro atoms. The minimum absolute atomic E-state index is 0.0898. The number of anilines is 1. The van der Waals surface area contributed by atoms with Crippen LogP contribution in [0.3, 0.4) is 0 Å². The van der Waals surface area contributed by atoms with Crippen molar-refractivity contribution < 1.29 is 36.9 Å². The number of halogens is 1. The van der Waals surface area contributed by atoms with Gasteiger partial charge >= 0.3 is 22.2 Å². The Morgan fingerprint density at radius 3 is 2.35 bits per heavy atom. The van der Waals surface area contributed by atoms with Gasteiger partial charge in [-0.15, -0.1) is 3.89 Å². The Morgan fingerprint density at radius 2 is 1.83 bits per heavy atom. The molecule has 1 aliphatic heterocycles. The Hall–Kier alpha value is -2.49. The highest BCUT2D eigenvalue weighted by Gasteiger charge is 2.34. The predicted octanol–water partition coefficient (Wildman–Crippen LogP) is 0.735. The molecule has 1 heterocycles. The lowest BCUT2D eigenvalue weighted by Crippen LogP contribution is -2.26. The van der Waals surface area contributed by atoms with Gasteiger partial charge in [-0.05, 0) is 18.2 Å². The van der Waals surface area contributed by atoms with Gasteiger partial charge in [0.25, 0.3) is 0 Å². The van der Waals surface area contributed by atoms with Crippen molar-refractivity contribution in [3.8, 4) is 0 Å². The molecule has 1 fully saturated rings. The van der Waals surface area contributed by atoms with E-state index in [0.717, 1.165) is 17.0 Å². The maximum absolute atomic E-state index is 12.7. The van der Waals surface area contributed by atoms with Crippen molar-refractivity contribution in [2.24, 2.45) is 5.92 Å². The fourth-order valence-corrected chi connectivity index (χ4v) is 3.27. The summed E-state index contributed by atoms with van der Waals surface area (Å²) in [6, 6.07) is 3.32. The molecule has 1 saturated heterocycles. The third-order valence-corrected chi connectivity index (χ3v) is 4.29. The maximum Gasteiger partial charge on any atom is 0.336 e. The number of benzene rings is 1. The molecule has 0 aromatic heterocycles. The first-order valence-electron chi connectivity index (χ1n) is 6.42. The van der Waals surface area contributed by atoms with Crippen LogP contribution in [0.4, 0.5) is 9.57 Å². The Morgan fingerprint density at radius 1 is 1.22 bits per heavy atom. The second-order valence-corrected chi connectivity index (χ2v) is 6.53. The Labute approximate surface area is 130 Å². The van der Waals surface area contributed by atoms with Gasteiger partial charge in [0, 0.05) is 24.6 Å². The minimum atomic E-state index is -4.73. The number of nitrogens with zero attached hydrogens (tertiary/aromatic N) is 1. The monoisotopic (exact) mass is 345 g/mol. The van der Waals surface area contributed by atoms with Gasteiger partial charge in [0.05, 0.1) is 16.9 Å². The molecular weight excluding hydrogens is 333 g/mol. The summed E-state index contributed by atoms with van der Waals surface area (Å²) >= 11 is 0. The molecule has 0 radical (unpaired) electrons. The van der Waals surface area contributed by atoms with E-state index in [1.165, 1.54) is 6.07 Å². The van der Waals surface area contributed by atoms with Crippen molar-refractivity contribution in [2.75, 3.05) is 17.2 Å². The molecule has 1 atom stereocenters. The molecule has 23 heavy (non-hydrogen) atoms. The molecule has 0 saturated carbocycles. The third kappa shape index (κ3) is 3.83. The molecular formula is C13H12FNO7S. The summed E-state index contributed by atoms with van der Waals surface area (Å²) in [6.07, 6.45) is -0.188. The molecule has 124 valence electrons. The molecule has 2 rings (SSSR count). The molecule has 1 aliphatic rings. The molecule has 1 unspecified atom stereocenters. The highest BCUT2D eigenvalue weighted by atomic mass is 32.3. The fraction of sp³-hybridized carbons (Fsp3) is 0.308. The van der Waals surface area contributed by atoms with Gasteiger partial charge in [0.1, 0.15) is 0 Å². The Kier molecular flexibility index (Phi) is 4.37. The summed E-state index contributed by atoms with van der Waals surface area (Å²) in [6.45, 7) is -0.0898. The van der Waals surface area contributed by atoms with Crippen LogP contribution in [0.5, 0.6) is 0 Å². The fourth-order valence-electron chi connectivity index (χ4n) is 2.49. The first kappa shape index (κ1) is 16.9. The van der Waals surface area contributed by atoms with Crippen LogP contribution in [0, 0.1) is 5.92 Å². The minimum Gasteiger partial charge on any atom is -0.478 e. The van der Waals surface area contributed by atoms with E-state index < -0.39 is 50.9 Å². The van der Waals surface area contributed by atoms with Crippen LogP contribution in [0.15, 0.2) is 18.2 Å². The summed E-state index contributed by atoms with van der Waals surface area (Å²) < 4.78 is 34.0. The van der Waals surface area contributed by atoms with Crippen LogP contribution in [0.1, 0.15) is 27.1 Å². The van der Waals surface area contributed by atoms with Crippen molar-refractivity contribution in [1.82, 2.24) is 0 Å². The first-order valence-corrected chi connectivity index (χ1v) is 7.97. The Balaban J connectivity index is 2.32. The summed E-state index contributed by atoms with van der Waals surface area (Å²) in [4.78, 5) is 35.1. The van der Waals surface area contributed by atoms with E-state index in [0.29, 0.717) is 0 Å². The quantitative estimate of drug-likeness (QED) is 0.753. The van der Waals surface area contributed by atoms with Crippen LogP contribution >= 0.6 is 0 Å². The van der Waals surface area contributed by atoms with Crippen molar-refractivity contribution >= 4 is 33.8 Å². The average Bonchev–Trinajstić information content (AvgIpc) is 2.76. The van der Waals surface area contributed by atoms with E-state index in [-0.39, 0.29) is 18.7 Å². The number of hydrogen-bond acceptors (Lipinski definition) is 5. The summed E-state index contributed by atoms with van der Waals surface area (Å²) in [7, 11) is -4.73. The van der Waals surface area contributed by atoms with E-state index in [1.54, 1.807) is 0 Å². The van der Waals surface area contributed by atoms with E-state index >= 15 is 0 Å². The van der Waals surface area contributed by atoms with Crippen LogP contribution in [-0.2, 0) is 15.0 Å². The van der Waals surface area contributed by atoms with Crippen molar-refractivity contribution in [3.05, 3.63) is 29.3 Å². The van der Waals surface area contributed by atoms with Crippen molar-refractivity contribution in [1.29, 1.82) is 0 Å². The number of rotatable bonds is 5. The van der Waals surface area contributed by atoms with Gasteiger partial charge in [-0.3, -0.25) is 4.79 Å². The third-order valence-electron chi connectivity index (χ3n) is 3.42. The molecule has 1 amide bonds. The molecule has 1 aromatic carbocycles. The smallest absolute Gasteiger partial charge is 0.336 e. The largest absolute Gasteiger partial charge is 0.478 e. The van der Waals surface area contributed by atoms with Gasteiger partial charge in [0.2, 0.25) is 5.91 Å². The lowest BCUT2D eigenvalue weighted by molar-refractivity contribution is -0.117. The second-order valence-electron chi connectivity index (χ2n) is 5.12. The summed E-state index contributed by atoms with van der Waals surface area (Å²) in [5.41, 5.74) is -0.809. The van der Waals surface area contributed by atoms with Crippen LogP contribution in [0.25, 0.3) is 0 Å². The van der Waals surface area contributed by atoms with E-state index in [1.807, 2.05) is 0 Å².